The molecule has 206 valence electrons. The van der Waals surface area contributed by atoms with E-state index in [2.05, 4.69) is 15.7 Å². The largest absolute Gasteiger partial charge is 0.435 e. The maximum absolute atomic E-state index is 13.6. The number of carbonyl (C=O) groups is 1. The Balaban J connectivity index is 1.55. The van der Waals surface area contributed by atoms with E-state index < -0.39 is 27.9 Å². The number of thiophene rings is 1. The number of nitrogens with zero attached hydrogens (tertiary/aromatic N) is 3. The molecule has 4 rings (SSSR count). The van der Waals surface area contributed by atoms with Crippen molar-refractivity contribution in [2.24, 2.45) is 7.05 Å². The topological polar surface area (TPSA) is 117 Å². The van der Waals surface area contributed by atoms with E-state index in [-0.39, 0.29) is 35.2 Å². The van der Waals surface area contributed by atoms with Crippen LogP contribution in [0.15, 0.2) is 77.0 Å². The van der Waals surface area contributed by atoms with Crippen LogP contribution in [0.5, 0.6) is 0 Å². The average Bonchev–Trinajstić information content (AvgIpc) is 3.53. The molecule has 0 aliphatic carbocycles. The third-order valence-corrected chi connectivity index (χ3v) is 8.92. The van der Waals surface area contributed by atoms with Crippen LogP contribution in [0, 0.1) is 0 Å². The lowest BCUT2D eigenvalue weighted by Gasteiger charge is -2.23. The first-order valence-electron chi connectivity index (χ1n) is 11.6. The Bertz CT molecular complexity index is 1540. The molecule has 0 aliphatic heterocycles. The normalized spacial score (nSPS) is 11.8. The second-order valence-corrected chi connectivity index (χ2v) is 11.5. The van der Waals surface area contributed by atoms with E-state index in [4.69, 9.17) is 0 Å². The van der Waals surface area contributed by atoms with Crippen LogP contribution in [0.2, 0.25) is 0 Å². The summed E-state index contributed by atoms with van der Waals surface area (Å²) < 4.78 is 68.4. The first-order chi connectivity index (χ1) is 18.5. The molecule has 0 unspecified atom stereocenters. The standard InChI is InChI=1S/C25H24F3N5O4S2/c1-32-20(16-22(31-32)25(26,27)28)21-12-13-23(38-21)39(36,37)33(14-5-15-34)19-10-8-18(9-11-19)30-24(35)29-17-6-3-2-4-7-17/h2-4,6-13,16,34H,5,14-15H2,1H3,(H2,29,30,35). The van der Waals surface area contributed by atoms with Crippen LogP contribution >= 0.6 is 11.3 Å². The molecule has 0 radical (unpaired) electrons. The number of benzene rings is 2. The summed E-state index contributed by atoms with van der Waals surface area (Å²) in [7, 11) is -2.79. The summed E-state index contributed by atoms with van der Waals surface area (Å²) in [6.45, 7) is -0.298. The summed E-state index contributed by atoms with van der Waals surface area (Å²) in [5.74, 6) is 0. The molecule has 2 aromatic carbocycles. The number of amides is 2. The van der Waals surface area contributed by atoms with Crippen LogP contribution in [-0.2, 0) is 23.2 Å². The molecule has 0 atom stereocenters. The van der Waals surface area contributed by atoms with Gasteiger partial charge in [-0.2, -0.15) is 18.3 Å². The van der Waals surface area contributed by atoms with Crippen molar-refractivity contribution in [3.05, 3.63) is 78.5 Å². The van der Waals surface area contributed by atoms with E-state index in [1.54, 1.807) is 24.3 Å². The van der Waals surface area contributed by atoms with Gasteiger partial charge in [0.15, 0.2) is 5.69 Å². The smallest absolute Gasteiger partial charge is 0.396 e. The molecule has 3 N–H and O–H groups in total. The van der Waals surface area contributed by atoms with Gasteiger partial charge in [-0.25, -0.2) is 13.2 Å². The molecule has 0 spiro atoms. The number of nitrogens with one attached hydrogen (secondary N) is 2. The highest BCUT2D eigenvalue weighted by atomic mass is 32.2. The molecule has 2 heterocycles. The first-order valence-corrected chi connectivity index (χ1v) is 13.8. The highest BCUT2D eigenvalue weighted by molar-refractivity contribution is 7.94. The van der Waals surface area contributed by atoms with Gasteiger partial charge < -0.3 is 15.7 Å². The summed E-state index contributed by atoms with van der Waals surface area (Å²) in [6, 6.07) is 18.1. The van der Waals surface area contributed by atoms with Crippen molar-refractivity contribution < 1.29 is 31.5 Å². The van der Waals surface area contributed by atoms with E-state index in [9.17, 15) is 31.5 Å². The molecule has 2 amide bonds. The number of aliphatic hydroxyl groups is 1. The molecule has 2 aromatic heterocycles. The number of hydrogen-bond acceptors (Lipinski definition) is 6. The van der Waals surface area contributed by atoms with Gasteiger partial charge in [-0.1, -0.05) is 18.2 Å². The number of para-hydroxylation sites is 1. The SMILES string of the molecule is Cn1nc(C(F)(F)F)cc1-c1ccc(S(=O)(=O)N(CCCO)c2ccc(NC(=O)Nc3ccccc3)cc2)s1. The van der Waals surface area contributed by atoms with Gasteiger partial charge in [-0.15, -0.1) is 11.3 Å². The Morgan fingerprint density at radius 1 is 1.03 bits per heavy atom. The van der Waals surface area contributed by atoms with Crippen molar-refractivity contribution in [1.82, 2.24) is 9.78 Å². The molecule has 0 bridgehead atoms. The average molecular weight is 580 g/mol. The van der Waals surface area contributed by atoms with Gasteiger partial charge in [0.2, 0.25) is 0 Å². The molecular weight excluding hydrogens is 555 g/mol. The minimum Gasteiger partial charge on any atom is -0.396 e. The van der Waals surface area contributed by atoms with E-state index in [0.717, 1.165) is 26.4 Å². The predicted molar refractivity (Wildman–Crippen MR) is 143 cm³/mol. The lowest BCUT2D eigenvalue weighted by Crippen LogP contribution is -2.32. The van der Waals surface area contributed by atoms with Crippen molar-refractivity contribution in [2.45, 2.75) is 16.8 Å². The molecule has 0 saturated carbocycles. The fourth-order valence-electron chi connectivity index (χ4n) is 3.67. The van der Waals surface area contributed by atoms with Crippen molar-refractivity contribution in [2.75, 3.05) is 28.1 Å². The van der Waals surface area contributed by atoms with E-state index >= 15 is 0 Å². The lowest BCUT2D eigenvalue weighted by atomic mass is 10.2. The first kappa shape index (κ1) is 28.1. The fraction of sp³-hybridized carbons (Fsp3) is 0.200. The number of aliphatic hydroxyl groups excluding tert-OH is 1. The van der Waals surface area contributed by atoms with Crippen molar-refractivity contribution >= 4 is 44.5 Å². The zero-order valence-corrected chi connectivity index (χ0v) is 22.1. The van der Waals surface area contributed by atoms with Crippen LogP contribution in [0.4, 0.5) is 35.0 Å². The number of alkyl halides is 3. The van der Waals surface area contributed by atoms with Gasteiger partial charge in [-0.05, 0) is 61.0 Å². The molecular formula is C25H24F3N5O4S2. The Labute approximate surface area is 226 Å². The summed E-state index contributed by atoms with van der Waals surface area (Å²) in [6.07, 6.45) is -4.49. The zero-order valence-electron chi connectivity index (χ0n) is 20.5. The number of carbonyl (C=O) groups excluding carboxylic acids is 1. The van der Waals surface area contributed by atoms with Gasteiger partial charge in [0.25, 0.3) is 10.0 Å². The molecule has 0 fully saturated rings. The molecule has 14 heteroatoms. The zero-order chi connectivity index (χ0) is 28.2. The number of rotatable bonds is 9. The molecule has 9 nitrogen and oxygen atoms in total. The van der Waals surface area contributed by atoms with Crippen LogP contribution in [0.3, 0.4) is 0 Å². The molecule has 39 heavy (non-hydrogen) atoms. The van der Waals surface area contributed by atoms with Crippen LogP contribution in [0.1, 0.15) is 12.1 Å². The second kappa shape index (κ2) is 11.5. The lowest BCUT2D eigenvalue weighted by molar-refractivity contribution is -0.141. The third-order valence-electron chi connectivity index (χ3n) is 5.51. The minimum atomic E-state index is -4.63. The van der Waals surface area contributed by atoms with Crippen LogP contribution < -0.4 is 14.9 Å². The molecule has 4 aromatic rings. The van der Waals surface area contributed by atoms with Crippen molar-refractivity contribution in [3.63, 3.8) is 0 Å². The van der Waals surface area contributed by atoms with Crippen LogP contribution in [0.25, 0.3) is 10.6 Å². The maximum Gasteiger partial charge on any atom is 0.435 e. The Kier molecular flexibility index (Phi) is 8.28. The van der Waals surface area contributed by atoms with Crippen LogP contribution in [-0.4, -0.2) is 42.5 Å². The van der Waals surface area contributed by atoms with Gasteiger partial charge in [-0.3, -0.25) is 8.99 Å². The quantitative estimate of drug-likeness (QED) is 0.246. The highest BCUT2D eigenvalue weighted by Gasteiger charge is 2.35. The predicted octanol–water partition coefficient (Wildman–Crippen LogP) is 5.39. The number of hydrogen-bond donors (Lipinski definition) is 3. The molecule has 0 saturated heterocycles. The number of aryl methyl sites for hydroxylation is 1. The van der Waals surface area contributed by atoms with Gasteiger partial charge >= 0.3 is 12.2 Å². The van der Waals surface area contributed by atoms with E-state index in [1.807, 2.05) is 6.07 Å². The minimum absolute atomic E-state index is 0.0444. The number of anilines is 3. The third kappa shape index (κ3) is 6.58. The molecule has 0 aliphatic rings. The number of urea groups is 1. The monoisotopic (exact) mass is 579 g/mol. The van der Waals surface area contributed by atoms with E-state index in [0.29, 0.717) is 16.3 Å². The second-order valence-electron chi connectivity index (χ2n) is 8.30. The van der Waals surface area contributed by atoms with Gasteiger partial charge in [0.05, 0.1) is 16.3 Å². The summed E-state index contributed by atoms with van der Waals surface area (Å²) in [5, 5.41) is 18.2. The van der Waals surface area contributed by atoms with Crippen molar-refractivity contribution in [1.29, 1.82) is 0 Å². The van der Waals surface area contributed by atoms with Crippen molar-refractivity contribution in [3.8, 4) is 10.6 Å². The van der Waals surface area contributed by atoms with E-state index in [1.165, 1.54) is 43.4 Å². The Morgan fingerprint density at radius 3 is 2.26 bits per heavy atom. The number of halogens is 3. The Hall–Kier alpha value is -3.88. The number of sulfonamides is 1. The summed E-state index contributed by atoms with van der Waals surface area (Å²) >= 11 is 0.814. The Morgan fingerprint density at radius 2 is 1.67 bits per heavy atom. The fourth-order valence-corrected chi connectivity index (χ4v) is 6.64. The number of aromatic nitrogens is 2. The maximum atomic E-state index is 13.6. The van der Waals surface area contributed by atoms with Gasteiger partial charge in [0, 0.05) is 31.6 Å². The van der Waals surface area contributed by atoms with Gasteiger partial charge in [0.1, 0.15) is 4.21 Å². The summed E-state index contributed by atoms with van der Waals surface area (Å²) in [4.78, 5) is 12.6. The summed E-state index contributed by atoms with van der Waals surface area (Å²) in [5.41, 5.74) is 0.353. The highest BCUT2D eigenvalue weighted by Crippen LogP contribution is 2.37.